The summed E-state index contributed by atoms with van der Waals surface area (Å²) in [5.74, 6) is 1.64. The van der Waals surface area contributed by atoms with Gasteiger partial charge in [0.2, 0.25) is 0 Å². The zero-order valence-corrected chi connectivity index (χ0v) is 8.34. The lowest BCUT2D eigenvalue weighted by molar-refractivity contribution is 0.196. The van der Waals surface area contributed by atoms with Crippen LogP contribution in [0.3, 0.4) is 0 Å². The van der Waals surface area contributed by atoms with Crippen molar-refractivity contribution in [2.45, 2.75) is 44.9 Å². The van der Waals surface area contributed by atoms with Gasteiger partial charge >= 0.3 is 0 Å². The molecule has 0 heterocycles. The molecule has 13 heavy (non-hydrogen) atoms. The van der Waals surface area contributed by atoms with Crippen molar-refractivity contribution < 1.29 is 5.11 Å². The van der Waals surface area contributed by atoms with E-state index in [9.17, 15) is 0 Å². The van der Waals surface area contributed by atoms with Crippen LogP contribution < -0.4 is 0 Å². The second-order valence-corrected chi connectivity index (χ2v) is 4.48. The first-order chi connectivity index (χ1) is 6.42. The summed E-state index contributed by atoms with van der Waals surface area (Å²) in [6.45, 7) is 0.383. The van der Waals surface area contributed by atoms with Gasteiger partial charge in [-0.3, -0.25) is 0 Å². The largest absolute Gasteiger partial charge is 0.396 e. The monoisotopic (exact) mass is 180 g/mol. The number of hydrogen-bond donors (Lipinski definition) is 1. The molecule has 2 atom stereocenters. The van der Waals surface area contributed by atoms with Gasteiger partial charge < -0.3 is 5.11 Å². The lowest BCUT2D eigenvalue weighted by Crippen LogP contribution is -2.24. The van der Waals surface area contributed by atoms with Crippen molar-refractivity contribution in [3.05, 3.63) is 11.6 Å². The molecule has 2 aliphatic carbocycles. The van der Waals surface area contributed by atoms with Gasteiger partial charge in [0, 0.05) is 6.61 Å². The topological polar surface area (TPSA) is 20.2 Å². The normalized spacial score (nSPS) is 33.8. The van der Waals surface area contributed by atoms with Crippen molar-refractivity contribution in [3.63, 3.8) is 0 Å². The minimum Gasteiger partial charge on any atom is -0.396 e. The highest BCUT2D eigenvalue weighted by molar-refractivity contribution is 5.13. The van der Waals surface area contributed by atoms with Crippen LogP contribution in [0.25, 0.3) is 0 Å². The Bertz CT molecular complexity index is 193. The van der Waals surface area contributed by atoms with E-state index in [0.717, 1.165) is 18.3 Å². The molecule has 0 aromatic carbocycles. The minimum atomic E-state index is 0.383. The van der Waals surface area contributed by atoms with E-state index in [2.05, 4.69) is 6.08 Å². The lowest BCUT2D eigenvalue weighted by atomic mass is 9.70. The van der Waals surface area contributed by atoms with Gasteiger partial charge in [0.15, 0.2) is 0 Å². The molecule has 1 fully saturated rings. The van der Waals surface area contributed by atoms with Crippen LogP contribution in [0.4, 0.5) is 0 Å². The van der Waals surface area contributed by atoms with E-state index < -0.39 is 0 Å². The Morgan fingerprint density at radius 3 is 3.08 bits per heavy atom. The number of allylic oxidation sites excluding steroid dienone is 2. The zero-order valence-electron chi connectivity index (χ0n) is 8.34. The Labute approximate surface area is 80.8 Å². The van der Waals surface area contributed by atoms with Crippen molar-refractivity contribution in [2.24, 2.45) is 11.8 Å². The summed E-state index contributed by atoms with van der Waals surface area (Å²) in [6.07, 6.45) is 11.6. The third-order valence-corrected chi connectivity index (χ3v) is 3.71. The Morgan fingerprint density at radius 1 is 1.31 bits per heavy atom. The SMILES string of the molecule is OCCC1CCCC2=CCCCC21. The summed E-state index contributed by atoms with van der Waals surface area (Å²) in [4.78, 5) is 0. The molecule has 0 amide bonds. The Morgan fingerprint density at radius 2 is 2.23 bits per heavy atom. The molecule has 0 bridgehead atoms. The van der Waals surface area contributed by atoms with Crippen molar-refractivity contribution in [1.29, 1.82) is 0 Å². The van der Waals surface area contributed by atoms with Gasteiger partial charge in [0.1, 0.15) is 0 Å². The molecular weight excluding hydrogens is 160 g/mol. The second-order valence-electron chi connectivity index (χ2n) is 4.48. The van der Waals surface area contributed by atoms with E-state index in [1.54, 1.807) is 5.57 Å². The Balaban J connectivity index is 2.04. The molecule has 2 aliphatic rings. The predicted molar refractivity (Wildman–Crippen MR) is 54.5 cm³/mol. The van der Waals surface area contributed by atoms with Crippen LogP contribution >= 0.6 is 0 Å². The summed E-state index contributed by atoms with van der Waals surface area (Å²) < 4.78 is 0. The molecule has 0 aliphatic heterocycles. The van der Waals surface area contributed by atoms with E-state index in [0.29, 0.717) is 6.61 Å². The van der Waals surface area contributed by atoms with E-state index >= 15 is 0 Å². The van der Waals surface area contributed by atoms with Gasteiger partial charge in [-0.15, -0.1) is 0 Å². The van der Waals surface area contributed by atoms with Gasteiger partial charge in [0.25, 0.3) is 0 Å². The Hall–Kier alpha value is -0.300. The fourth-order valence-electron chi connectivity index (χ4n) is 3.07. The number of aliphatic hydroxyl groups excluding tert-OH is 1. The molecule has 1 N–H and O–H groups in total. The van der Waals surface area contributed by atoms with Crippen LogP contribution in [0.1, 0.15) is 44.9 Å². The quantitative estimate of drug-likeness (QED) is 0.648. The van der Waals surface area contributed by atoms with Gasteiger partial charge in [-0.25, -0.2) is 0 Å². The van der Waals surface area contributed by atoms with Crippen LogP contribution in [-0.2, 0) is 0 Å². The second kappa shape index (κ2) is 4.28. The maximum Gasteiger partial charge on any atom is 0.0433 e. The number of rotatable bonds is 2. The fourth-order valence-corrected chi connectivity index (χ4v) is 3.07. The van der Waals surface area contributed by atoms with Crippen LogP contribution in [0.15, 0.2) is 11.6 Å². The molecule has 0 radical (unpaired) electrons. The lowest BCUT2D eigenvalue weighted by Gasteiger charge is -2.36. The molecule has 2 unspecified atom stereocenters. The van der Waals surface area contributed by atoms with Gasteiger partial charge in [-0.05, 0) is 56.8 Å². The van der Waals surface area contributed by atoms with Crippen molar-refractivity contribution >= 4 is 0 Å². The molecule has 0 aromatic heterocycles. The first-order valence-corrected chi connectivity index (χ1v) is 5.71. The molecule has 1 saturated carbocycles. The predicted octanol–water partition coefficient (Wildman–Crippen LogP) is 2.90. The summed E-state index contributed by atoms with van der Waals surface area (Å²) in [5, 5.41) is 8.99. The van der Waals surface area contributed by atoms with E-state index in [-0.39, 0.29) is 0 Å². The molecule has 74 valence electrons. The molecule has 1 nitrogen and oxygen atoms in total. The van der Waals surface area contributed by atoms with Crippen molar-refractivity contribution in [3.8, 4) is 0 Å². The third-order valence-electron chi connectivity index (χ3n) is 3.71. The van der Waals surface area contributed by atoms with E-state index in [1.165, 1.54) is 38.5 Å². The minimum absolute atomic E-state index is 0.383. The number of aliphatic hydroxyl groups is 1. The van der Waals surface area contributed by atoms with Gasteiger partial charge in [-0.2, -0.15) is 0 Å². The smallest absolute Gasteiger partial charge is 0.0433 e. The molecule has 2 rings (SSSR count). The molecule has 0 spiro atoms. The zero-order chi connectivity index (χ0) is 9.10. The fraction of sp³-hybridized carbons (Fsp3) is 0.833. The standard InChI is InChI=1S/C12H20O/c13-9-8-11-6-3-5-10-4-1-2-7-12(10)11/h4,11-13H,1-3,5-9H2. The molecule has 0 aromatic rings. The Kier molecular flexibility index (Phi) is 3.05. The first kappa shape index (κ1) is 9.26. The van der Waals surface area contributed by atoms with Crippen molar-refractivity contribution in [2.75, 3.05) is 6.61 Å². The van der Waals surface area contributed by atoms with Crippen LogP contribution in [0.5, 0.6) is 0 Å². The maximum absolute atomic E-state index is 8.99. The highest BCUT2D eigenvalue weighted by Gasteiger charge is 2.29. The summed E-state index contributed by atoms with van der Waals surface area (Å²) in [7, 11) is 0. The molecular formula is C12H20O. The van der Waals surface area contributed by atoms with Crippen LogP contribution in [0.2, 0.25) is 0 Å². The summed E-state index contributed by atoms with van der Waals surface area (Å²) >= 11 is 0. The number of fused-ring (bicyclic) bond motifs is 1. The summed E-state index contributed by atoms with van der Waals surface area (Å²) in [6, 6.07) is 0. The highest BCUT2D eigenvalue weighted by atomic mass is 16.3. The van der Waals surface area contributed by atoms with Crippen LogP contribution in [-0.4, -0.2) is 11.7 Å². The highest BCUT2D eigenvalue weighted by Crippen LogP contribution is 2.41. The molecule has 0 saturated heterocycles. The first-order valence-electron chi connectivity index (χ1n) is 5.71. The van der Waals surface area contributed by atoms with Crippen molar-refractivity contribution in [1.82, 2.24) is 0 Å². The average molecular weight is 180 g/mol. The van der Waals surface area contributed by atoms with Gasteiger partial charge in [-0.1, -0.05) is 11.6 Å². The van der Waals surface area contributed by atoms with Gasteiger partial charge in [0.05, 0.1) is 0 Å². The number of hydrogen-bond acceptors (Lipinski definition) is 1. The third kappa shape index (κ3) is 1.96. The summed E-state index contributed by atoms with van der Waals surface area (Å²) in [5.41, 5.74) is 1.72. The molecule has 1 heteroatoms. The average Bonchev–Trinajstić information content (AvgIpc) is 2.19. The van der Waals surface area contributed by atoms with E-state index in [1.807, 2.05) is 0 Å². The van der Waals surface area contributed by atoms with E-state index in [4.69, 9.17) is 5.11 Å². The maximum atomic E-state index is 8.99. The van der Waals surface area contributed by atoms with Crippen LogP contribution in [0, 0.1) is 11.8 Å².